The normalized spacial score (nSPS) is 12.0. The number of nitrogens with one attached hydrogen (secondary N) is 2. The highest BCUT2D eigenvalue weighted by Crippen LogP contribution is 2.13. The number of aliphatic imine (C=N–C) groups is 1. The SMILES string of the molecule is CC(=NCc1ccc2ncccc2c1)N/C=C\NCN. The molecule has 0 spiro atoms. The van der Waals surface area contributed by atoms with Crippen LogP contribution in [0.4, 0.5) is 0 Å². The molecule has 0 amide bonds. The zero-order valence-electron chi connectivity index (χ0n) is 11.5. The van der Waals surface area contributed by atoms with Gasteiger partial charge in [-0.15, -0.1) is 0 Å². The van der Waals surface area contributed by atoms with Crippen molar-refractivity contribution in [2.75, 3.05) is 6.67 Å². The van der Waals surface area contributed by atoms with Gasteiger partial charge in [-0.2, -0.15) is 0 Å². The van der Waals surface area contributed by atoms with Crippen LogP contribution in [0.3, 0.4) is 0 Å². The molecule has 0 fully saturated rings. The molecular weight excluding hydrogens is 250 g/mol. The third kappa shape index (κ3) is 4.07. The Morgan fingerprint density at radius 2 is 2.25 bits per heavy atom. The number of nitrogens with two attached hydrogens (primary N) is 1. The molecule has 0 radical (unpaired) electrons. The molecule has 0 atom stereocenters. The Bertz CT molecular complexity index is 618. The van der Waals surface area contributed by atoms with Gasteiger partial charge in [-0.25, -0.2) is 0 Å². The monoisotopic (exact) mass is 269 g/mol. The Labute approximate surface area is 118 Å². The van der Waals surface area contributed by atoms with E-state index in [4.69, 9.17) is 5.73 Å². The van der Waals surface area contributed by atoms with E-state index in [1.54, 1.807) is 18.6 Å². The summed E-state index contributed by atoms with van der Waals surface area (Å²) in [6, 6.07) is 10.2. The van der Waals surface area contributed by atoms with Crippen molar-refractivity contribution >= 4 is 16.7 Å². The summed E-state index contributed by atoms with van der Waals surface area (Å²) in [5.41, 5.74) is 7.47. The largest absolute Gasteiger partial charge is 0.377 e. The third-order valence-electron chi connectivity index (χ3n) is 2.78. The maximum atomic E-state index is 5.30. The first-order chi connectivity index (χ1) is 9.79. The molecule has 0 bridgehead atoms. The van der Waals surface area contributed by atoms with Crippen LogP contribution in [0.5, 0.6) is 0 Å². The number of benzene rings is 1. The van der Waals surface area contributed by atoms with Crippen LogP contribution in [0.1, 0.15) is 12.5 Å². The molecule has 0 aliphatic rings. The molecule has 0 saturated heterocycles. The highest BCUT2D eigenvalue weighted by atomic mass is 15.0. The lowest BCUT2D eigenvalue weighted by Gasteiger charge is -2.03. The quantitative estimate of drug-likeness (QED) is 0.439. The topological polar surface area (TPSA) is 75.3 Å². The molecule has 4 N–H and O–H groups in total. The molecule has 2 aromatic rings. The van der Waals surface area contributed by atoms with Crippen molar-refractivity contribution in [1.29, 1.82) is 0 Å². The molecule has 20 heavy (non-hydrogen) atoms. The minimum atomic E-state index is 0.416. The van der Waals surface area contributed by atoms with Gasteiger partial charge in [-0.1, -0.05) is 12.1 Å². The van der Waals surface area contributed by atoms with Crippen LogP contribution in [0.15, 0.2) is 53.9 Å². The van der Waals surface area contributed by atoms with Gasteiger partial charge in [0.1, 0.15) is 0 Å². The molecule has 5 nitrogen and oxygen atoms in total. The van der Waals surface area contributed by atoms with E-state index in [1.165, 1.54) is 0 Å². The lowest BCUT2D eigenvalue weighted by molar-refractivity contribution is 0.877. The highest BCUT2D eigenvalue weighted by molar-refractivity contribution is 5.81. The van der Waals surface area contributed by atoms with Crippen LogP contribution in [0.2, 0.25) is 0 Å². The maximum Gasteiger partial charge on any atom is 0.0975 e. The lowest BCUT2D eigenvalue weighted by Crippen LogP contribution is -2.19. The van der Waals surface area contributed by atoms with Crippen LogP contribution in [-0.4, -0.2) is 17.5 Å². The Balaban J connectivity index is 1.97. The molecular formula is C15H19N5. The van der Waals surface area contributed by atoms with Crippen LogP contribution in [-0.2, 0) is 6.54 Å². The summed E-state index contributed by atoms with van der Waals surface area (Å²) in [6.07, 6.45) is 5.33. The molecule has 2 rings (SSSR count). The van der Waals surface area contributed by atoms with E-state index in [-0.39, 0.29) is 0 Å². The minimum absolute atomic E-state index is 0.416. The zero-order chi connectivity index (χ0) is 14.2. The summed E-state index contributed by atoms with van der Waals surface area (Å²) in [7, 11) is 0. The van der Waals surface area contributed by atoms with Crippen molar-refractivity contribution in [1.82, 2.24) is 15.6 Å². The van der Waals surface area contributed by atoms with Crippen molar-refractivity contribution < 1.29 is 0 Å². The second-order valence-electron chi connectivity index (χ2n) is 4.32. The van der Waals surface area contributed by atoms with Crippen molar-refractivity contribution in [2.24, 2.45) is 10.7 Å². The third-order valence-corrected chi connectivity index (χ3v) is 2.78. The fraction of sp³-hybridized carbons (Fsp3) is 0.200. The first-order valence-corrected chi connectivity index (χ1v) is 6.49. The highest BCUT2D eigenvalue weighted by Gasteiger charge is 1.96. The minimum Gasteiger partial charge on any atom is -0.377 e. The number of rotatable bonds is 5. The van der Waals surface area contributed by atoms with E-state index < -0.39 is 0 Å². The van der Waals surface area contributed by atoms with Gasteiger partial charge in [0.05, 0.1) is 24.6 Å². The summed E-state index contributed by atoms with van der Waals surface area (Å²) in [4.78, 5) is 8.77. The van der Waals surface area contributed by atoms with Gasteiger partial charge in [0, 0.05) is 24.0 Å². The van der Waals surface area contributed by atoms with Gasteiger partial charge in [-0.3, -0.25) is 9.98 Å². The van der Waals surface area contributed by atoms with Gasteiger partial charge in [0.15, 0.2) is 0 Å². The fourth-order valence-electron chi connectivity index (χ4n) is 1.77. The van der Waals surface area contributed by atoms with Gasteiger partial charge in [-0.05, 0) is 30.7 Å². The first kappa shape index (κ1) is 14.0. The summed E-state index contributed by atoms with van der Waals surface area (Å²) in [5, 5.41) is 7.07. The van der Waals surface area contributed by atoms with E-state index in [0.717, 1.165) is 22.3 Å². The Kier molecular flexibility index (Phi) is 5.08. The first-order valence-electron chi connectivity index (χ1n) is 6.49. The summed E-state index contributed by atoms with van der Waals surface area (Å²) in [6.45, 7) is 2.98. The van der Waals surface area contributed by atoms with Crippen molar-refractivity contribution in [3.63, 3.8) is 0 Å². The number of aromatic nitrogens is 1. The Morgan fingerprint density at radius 3 is 3.10 bits per heavy atom. The van der Waals surface area contributed by atoms with E-state index in [0.29, 0.717) is 13.2 Å². The van der Waals surface area contributed by atoms with Crippen LogP contribution < -0.4 is 16.4 Å². The maximum absolute atomic E-state index is 5.30. The summed E-state index contributed by atoms with van der Waals surface area (Å²) >= 11 is 0. The van der Waals surface area contributed by atoms with Crippen LogP contribution in [0, 0.1) is 0 Å². The predicted molar refractivity (Wildman–Crippen MR) is 83.0 cm³/mol. The van der Waals surface area contributed by atoms with E-state index in [9.17, 15) is 0 Å². The number of nitrogens with zero attached hydrogens (tertiary/aromatic N) is 2. The van der Waals surface area contributed by atoms with E-state index in [1.807, 2.05) is 19.1 Å². The smallest absolute Gasteiger partial charge is 0.0975 e. The van der Waals surface area contributed by atoms with Crippen LogP contribution >= 0.6 is 0 Å². The number of hydrogen-bond donors (Lipinski definition) is 3. The van der Waals surface area contributed by atoms with Crippen molar-refractivity contribution in [3.8, 4) is 0 Å². The zero-order valence-corrected chi connectivity index (χ0v) is 11.5. The van der Waals surface area contributed by atoms with Crippen molar-refractivity contribution in [2.45, 2.75) is 13.5 Å². The molecule has 0 aliphatic carbocycles. The molecule has 0 unspecified atom stereocenters. The predicted octanol–water partition coefficient (Wildman–Crippen LogP) is 1.72. The number of amidine groups is 1. The van der Waals surface area contributed by atoms with Gasteiger partial charge in [0.2, 0.25) is 0 Å². The molecule has 0 saturated carbocycles. The molecule has 1 heterocycles. The number of fused-ring (bicyclic) bond motifs is 1. The molecule has 5 heteroatoms. The van der Waals surface area contributed by atoms with E-state index >= 15 is 0 Å². The summed E-state index contributed by atoms with van der Waals surface area (Å²) in [5.74, 6) is 0.853. The second-order valence-corrected chi connectivity index (χ2v) is 4.32. The average molecular weight is 269 g/mol. The Morgan fingerprint density at radius 1 is 1.35 bits per heavy atom. The fourth-order valence-corrected chi connectivity index (χ4v) is 1.77. The number of pyridine rings is 1. The van der Waals surface area contributed by atoms with Gasteiger partial charge >= 0.3 is 0 Å². The average Bonchev–Trinajstić information content (AvgIpc) is 2.49. The Hall–Kier alpha value is -2.40. The standard InChI is InChI=1S/C15H19N5/c1-12(18-8-7-17-11-16)20-10-13-4-5-15-14(9-13)3-2-6-19-15/h2-9,17H,10-11,16H2,1H3,(H,18,20)/b8-7-. The molecule has 1 aromatic carbocycles. The number of hydrogen-bond acceptors (Lipinski definition) is 4. The molecule has 0 aliphatic heterocycles. The van der Waals surface area contributed by atoms with Gasteiger partial charge in [0.25, 0.3) is 0 Å². The van der Waals surface area contributed by atoms with E-state index in [2.05, 4.69) is 38.8 Å². The second kappa shape index (κ2) is 7.25. The molecule has 104 valence electrons. The van der Waals surface area contributed by atoms with Crippen LogP contribution in [0.25, 0.3) is 10.9 Å². The van der Waals surface area contributed by atoms with Gasteiger partial charge < -0.3 is 16.4 Å². The summed E-state index contributed by atoms with van der Waals surface area (Å²) < 4.78 is 0. The van der Waals surface area contributed by atoms with Crippen molar-refractivity contribution in [3.05, 3.63) is 54.5 Å². The lowest BCUT2D eigenvalue weighted by atomic mass is 10.1. The molecule has 1 aromatic heterocycles.